The van der Waals surface area contributed by atoms with E-state index in [-0.39, 0.29) is 29.5 Å². The van der Waals surface area contributed by atoms with E-state index >= 15 is 0 Å². The molecule has 1 amide bonds. The summed E-state index contributed by atoms with van der Waals surface area (Å²) in [7, 11) is 1.37. The second kappa shape index (κ2) is 11.9. The van der Waals surface area contributed by atoms with Crippen molar-refractivity contribution in [2.24, 2.45) is 10.9 Å². The number of amidine groups is 1. The topological polar surface area (TPSA) is 62.2 Å². The highest BCUT2D eigenvalue weighted by atomic mass is 19.1. The van der Waals surface area contributed by atoms with Gasteiger partial charge in [-0.25, -0.2) is 18.2 Å². The number of nitrogens with zero attached hydrogens (tertiary/aromatic N) is 3. The Balaban J connectivity index is 1.29. The Kier molecular flexibility index (Phi) is 8.26. The van der Waals surface area contributed by atoms with Gasteiger partial charge in [0.2, 0.25) is 0 Å². The van der Waals surface area contributed by atoms with Crippen molar-refractivity contribution in [2.75, 3.05) is 33.3 Å². The van der Waals surface area contributed by atoms with E-state index in [9.17, 15) is 22.8 Å². The SMILES string of the molecule is COC(=O)C1CN(CCCN2C(=O)C(c3ccc(F)cc3)(c3ccc(F)cc3)N=C2C)CCC1c1ccc(F)cc1. The van der Waals surface area contributed by atoms with Crippen molar-refractivity contribution < 1.29 is 27.5 Å². The molecule has 214 valence electrons. The lowest BCUT2D eigenvalue weighted by molar-refractivity contribution is -0.148. The molecule has 41 heavy (non-hydrogen) atoms. The molecule has 0 bridgehead atoms. The van der Waals surface area contributed by atoms with E-state index in [2.05, 4.69) is 4.90 Å². The molecule has 1 fully saturated rings. The molecule has 9 heteroatoms. The monoisotopic (exact) mass is 563 g/mol. The minimum Gasteiger partial charge on any atom is -0.469 e. The maximum absolute atomic E-state index is 14.0. The molecule has 2 atom stereocenters. The van der Waals surface area contributed by atoms with E-state index in [4.69, 9.17) is 9.73 Å². The number of hydrogen-bond donors (Lipinski definition) is 0. The molecule has 0 aliphatic carbocycles. The zero-order valence-corrected chi connectivity index (χ0v) is 23.0. The van der Waals surface area contributed by atoms with Gasteiger partial charge in [-0.05, 0) is 91.9 Å². The average Bonchev–Trinajstić information content (AvgIpc) is 3.23. The standard InChI is InChI=1S/C32H32F3N3O3/c1-21-36-32(23-6-12-26(34)13-7-23,24-8-14-27(35)15-9-24)31(40)38(21)18-3-17-37-19-16-28(29(20-37)30(39)41-2)22-4-10-25(33)11-5-22/h4-15,28-29H,3,16-20H2,1-2H3. The molecule has 0 radical (unpaired) electrons. The van der Waals surface area contributed by atoms with Crippen LogP contribution in [0, 0.1) is 23.4 Å². The molecule has 0 saturated carbocycles. The third-order valence-corrected chi connectivity index (χ3v) is 8.15. The Bertz CT molecular complexity index is 1380. The van der Waals surface area contributed by atoms with Crippen molar-refractivity contribution in [3.05, 3.63) is 107 Å². The Morgan fingerprint density at radius 1 is 0.902 bits per heavy atom. The van der Waals surface area contributed by atoms with Crippen LogP contribution in [0.1, 0.15) is 42.4 Å². The van der Waals surface area contributed by atoms with Crippen molar-refractivity contribution in [3.63, 3.8) is 0 Å². The first-order chi connectivity index (χ1) is 19.7. The number of aliphatic imine (C=N–C) groups is 1. The lowest BCUT2D eigenvalue weighted by Gasteiger charge is -2.37. The van der Waals surface area contributed by atoms with Gasteiger partial charge in [0.05, 0.1) is 13.0 Å². The van der Waals surface area contributed by atoms with Crippen molar-refractivity contribution in [1.29, 1.82) is 0 Å². The fraction of sp³-hybridized carbons (Fsp3) is 0.344. The highest BCUT2D eigenvalue weighted by Crippen LogP contribution is 2.40. The minimum atomic E-state index is -1.44. The van der Waals surface area contributed by atoms with Gasteiger partial charge >= 0.3 is 5.97 Å². The van der Waals surface area contributed by atoms with Crippen LogP contribution in [0.5, 0.6) is 0 Å². The van der Waals surface area contributed by atoms with E-state index < -0.39 is 17.2 Å². The number of rotatable bonds is 8. The van der Waals surface area contributed by atoms with Crippen LogP contribution in [0.4, 0.5) is 13.2 Å². The number of hydrogen-bond acceptors (Lipinski definition) is 5. The summed E-state index contributed by atoms with van der Waals surface area (Å²) >= 11 is 0. The molecule has 2 heterocycles. The van der Waals surface area contributed by atoms with Crippen LogP contribution >= 0.6 is 0 Å². The average molecular weight is 564 g/mol. The van der Waals surface area contributed by atoms with Gasteiger partial charge in [-0.1, -0.05) is 36.4 Å². The number of esters is 1. The lowest BCUT2D eigenvalue weighted by Crippen LogP contribution is -2.45. The van der Waals surface area contributed by atoms with E-state index in [1.165, 1.54) is 67.8 Å². The summed E-state index contributed by atoms with van der Waals surface area (Å²) in [6.45, 7) is 4.02. The summed E-state index contributed by atoms with van der Waals surface area (Å²) in [4.78, 5) is 35.3. The lowest BCUT2D eigenvalue weighted by atomic mass is 9.80. The Morgan fingerprint density at radius 3 is 1.98 bits per heavy atom. The number of benzene rings is 3. The van der Waals surface area contributed by atoms with Crippen LogP contribution in [0.3, 0.4) is 0 Å². The molecular formula is C32H32F3N3O3. The van der Waals surface area contributed by atoms with Crippen LogP contribution in [0.15, 0.2) is 77.8 Å². The van der Waals surface area contributed by atoms with E-state index in [0.29, 0.717) is 49.4 Å². The number of amides is 1. The Morgan fingerprint density at radius 2 is 1.44 bits per heavy atom. The van der Waals surface area contributed by atoms with Gasteiger partial charge in [0.1, 0.15) is 23.3 Å². The number of ether oxygens (including phenoxy) is 1. The van der Waals surface area contributed by atoms with Crippen LogP contribution in [0.2, 0.25) is 0 Å². The fourth-order valence-electron chi connectivity index (χ4n) is 6.06. The van der Waals surface area contributed by atoms with Gasteiger partial charge in [-0.3, -0.25) is 14.5 Å². The summed E-state index contributed by atoms with van der Waals surface area (Å²) < 4.78 is 46.1. The third-order valence-electron chi connectivity index (χ3n) is 8.15. The molecule has 2 aliphatic heterocycles. The van der Waals surface area contributed by atoms with Gasteiger partial charge < -0.3 is 9.64 Å². The molecule has 0 N–H and O–H groups in total. The van der Waals surface area contributed by atoms with Gasteiger partial charge in [0, 0.05) is 13.1 Å². The van der Waals surface area contributed by atoms with Gasteiger partial charge in [-0.2, -0.15) is 0 Å². The first-order valence-corrected chi connectivity index (χ1v) is 13.7. The number of piperidine rings is 1. The molecule has 2 aliphatic rings. The molecule has 3 aromatic rings. The summed E-state index contributed by atoms with van der Waals surface area (Å²) in [5.41, 5.74) is 0.478. The first-order valence-electron chi connectivity index (χ1n) is 13.7. The molecular weight excluding hydrogens is 531 g/mol. The summed E-state index contributed by atoms with van der Waals surface area (Å²) in [6, 6.07) is 17.6. The zero-order valence-electron chi connectivity index (χ0n) is 23.0. The van der Waals surface area contributed by atoms with E-state index in [1.54, 1.807) is 24.0 Å². The van der Waals surface area contributed by atoms with Crippen LogP contribution in [0.25, 0.3) is 0 Å². The number of methoxy groups -OCH3 is 1. The van der Waals surface area contributed by atoms with Gasteiger partial charge in [0.15, 0.2) is 5.54 Å². The summed E-state index contributed by atoms with van der Waals surface area (Å²) in [6.07, 6.45) is 1.34. The molecule has 0 aromatic heterocycles. The number of carbonyl (C=O) groups excluding carboxylic acids is 2. The summed E-state index contributed by atoms with van der Waals surface area (Å²) in [5, 5.41) is 0. The van der Waals surface area contributed by atoms with E-state index in [0.717, 1.165) is 12.1 Å². The molecule has 2 unspecified atom stereocenters. The normalized spacial score (nSPS) is 20.7. The third kappa shape index (κ3) is 5.63. The second-order valence-electron chi connectivity index (χ2n) is 10.6. The predicted octanol–water partition coefficient (Wildman–Crippen LogP) is 5.28. The first kappa shape index (κ1) is 28.5. The maximum Gasteiger partial charge on any atom is 0.310 e. The number of carbonyl (C=O) groups is 2. The Labute approximate surface area is 237 Å². The zero-order chi connectivity index (χ0) is 29.1. The van der Waals surface area contributed by atoms with E-state index in [1.807, 2.05) is 0 Å². The highest BCUT2D eigenvalue weighted by Gasteiger charge is 2.50. The number of likely N-dealkylation sites (tertiary alicyclic amines) is 1. The van der Waals surface area contributed by atoms with Crippen LogP contribution in [-0.2, 0) is 19.9 Å². The van der Waals surface area contributed by atoms with Gasteiger partial charge in [0.25, 0.3) is 5.91 Å². The fourth-order valence-corrected chi connectivity index (χ4v) is 6.06. The quantitative estimate of drug-likeness (QED) is 0.350. The van der Waals surface area contributed by atoms with Crippen molar-refractivity contribution >= 4 is 17.7 Å². The molecule has 1 saturated heterocycles. The Hall–Kier alpha value is -3.98. The number of halogens is 3. The molecule has 3 aromatic carbocycles. The second-order valence-corrected chi connectivity index (χ2v) is 10.6. The van der Waals surface area contributed by atoms with Crippen molar-refractivity contribution in [1.82, 2.24) is 9.80 Å². The molecule has 5 rings (SSSR count). The maximum atomic E-state index is 14.0. The summed E-state index contributed by atoms with van der Waals surface area (Å²) in [5.74, 6) is -1.70. The highest BCUT2D eigenvalue weighted by molar-refractivity contribution is 6.09. The van der Waals surface area contributed by atoms with Crippen LogP contribution in [-0.4, -0.2) is 60.8 Å². The molecule has 6 nitrogen and oxygen atoms in total. The van der Waals surface area contributed by atoms with Crippen LogP contribution < -0.4 is 0 Å². The smallest absolute Gasteiger partial charge is 0.310 e. The molecule has 0 spiro atoms. The largest absolute Gasteiger partial charge is 0.469 e. The van der Waals surface area contributed by atoms with Gasteiger partial charge in [-0.15, -0.1) is 0 Å². The van der Waals surface area contributed by atoms with Crippen molar-refractivity contribution in [2.45, 2.75) is 31.2 Å². The predicted molar refractivity (Wildman–Crippen MR) is 149 cm³/mol. The minimum absolute atomic E-state index is 0.0686. The van der Waals surface area contributed by atoms with Crippen molar-refractivity contribution in [3.8, 4) is 0 Å².